The third-order valence-electron chi connectivity index (χ3n) is 6.56. The number of fused-ring (bicyclic) bond motifs is 2. The maximum absolute atomic E-state index is 11.4. The number of rotatable bonds is 3. The number of hydrogen-bond acceptors (Lipinski definition) is 3. The molecule has 0 spiro atoms. The second-order valence-corrected chi connectivity index (χ2v) is 7.08. The number of hydrogen-bond donors (Lipinski definition) is 1. The van der Waals surface area contributed by atoms with Gasteiger partial charge in [0.1, 0.15) is 6.10 Å². The third kappa shape index (κ3) is 1.51. The molecule has 5 aliphatic rings. The maximum atomic E-state index is 11.4. The van der Waals surface area contributed by atoms with Crippen molar-refractivity contribution in [2.45, 2.75) is 31.8 Å². The molecule has 0 aromatic rings. The lowest BCUT2D eigenvalue weighted by Crippen LogP contribution is -2.57. The molecule has 1 N–H and O–H groups in total. The first-order valence-corrected chi connectivity index (χ1v) is 7.66. The zero-order valence-corrected chi connectivity index (χ0v) is 11.2. The van der Waals surface area contributed by atoms with Gasteiger partial charge in [-0.2, -0.15) is 0 Å². The minimum Gasteiger partial charge on any atom is -0.459 e. The van der Waals surface area contributed by atoms with E-state index < -0.39 is 0 Å². The van der Waals surface area contributed by atoms with Gasteiger partial charge in [0.2, 0.25) is 0 Å². The summed E-state index contributed by atoms with van der Waals surface area (Å²) in [5.41, 5.74) is 0. The Bertz CT molecular complexity index is 418. The Morgan fingerprint density at radius 1 is 1.16 bits per heavy atom. The molecule has 0 aromatic heterocycles. The molecule has 5 rings (SSSR count). The predicted octanol–water partition coefficient (Wildman–Crippen LogP) is 2.00. The monoisotopic (exact) mass is 262 g/mol. The third-order valence-corrected chi connectivity index (χ3v) is 6.56. The van der Waals surface area contributed by atoms with Crippen molar-refractivity contribution in [2.24, 2.45) is 41.4 Å². The van der Waals surface area contributed by atoms with E-state index in [2.05, 4.69) is 6.58 Å². The molecule has 0 amide bonds. The Hall–Kier alpha value is -0.830. The van der Waals surface area contributed by atoms with Gasteiger partial charge in [-0.25, -0.2) is 4.79 Å². The fourth-order valence-corrected chi connectivity index (χ4v) is 5.98. The molecule has 0 radical (unpaired) electrons. The van der Waals surface area contributed by atoms with Crippen LogP contribution < -0.4 is 0 Å². The average molecular weight is 262 g/mol. The van der Waals surface area contributed by atoms with Crippen molar-refractivity contribution >= 4 is 5.97 Å². The van der Waals surface area contributed by atoms with E-state index in [1.54, 1.807) is 0 Å². The highest BCUT2D eigenvalue weighted by Crippen LogP contribution is 2.67. The van der Waals surface area contributed by atoms with E-state index in [0.717, 1.165) is 23.7 Å². The van der Waals surface area contributed by atoms with E-state index >= 15 is 0 Å². The fourth-order valence-electron chi connectivity index (χ4n) is 5.98. The van der Waals surface area contributed by atoms with Crippen molar-refractivity contribution in [2.75, 3.05) is 6.61 Å². The Kier molecular flexibility index (Phi) is 2.57. The molecule has 4 bridgehead atoms. The highest BCUT2D eigenvalue weighted by Gasteiger charge is 2.64. The van der Waals surface area contributed by atoms with Crippen molar-refractivity contribution in [1.29, 1.82) is 0 Å². The lowest BCUT2D eigenvalue weighted by Gasteiger charge is -2.57. The van der Waals surface area contributed by atoms with Crippen LogP contribution in [0, 0.1) is 41.4 Å². The lowest BCUT2D eigenvalue weighted by molar-refractivity contribution is -0.188. The van der Waals surface area contributed by atoms with E-state index in [-0.39, 0.29) is 12.1 Å². The van der Waals surface area contributed by atoms with Crippen LogP contribution in [0.3, 0.4) is 0 Å². The van der Waals surface area contributed by atoms with Crippen LogP contribution >= 0.6 is 0 Å². The zero-order valence-electron chi connectivity index (χ0n) is 11.2. The van der Waals surface area contributed by atoms with Crippen molar-refractivity contribution in [3.05, 3.63) is 12.7 Å². The van der Waals surface area contributed by atoms with Gasteiger partial charge in [0.15, 0.2) is 0 Å². The summed E-state index contributed by atoms with van der Waals surface area (Å²) < 4.78 is 5.57. The van der Waals surface area contributed by atoms with Gasteiger partial charge in [-0.1, -0.05) is 6.58 Å². The van der Waals surface area contributed by atoms with Gasteiger partial charge >= 0.3 is 5.97 Å². The number of carbonyl (C=O) groups is 1. The summed E-state index contributed by atoms with van der Waals surface area (Å²) in [4.78, 5) is 11.4. The number of aliphatic hydroxyl groups is 1. The number of carbonyl (C=O) groups excluding carboxylic acids is 1. The molecule has 5 fully saturated rings. The summed E-state index contributed by atoms with van der Waals surface area (Å²) in [6, 6.07) is 0. The van der Waals surface area contributed by atoms with Gasteiger partial charge in [-0.3, -0.25) is 0 Å². The van der Waals surface area contributed by atoms with E-state index in [0.29, 0.717) is 24.4 Å². The minimum absolute atomic E-state index is 0.165. The summed E-state index contributed by atoms with van der Waals surface area (Å²) in [6.07, 6.45) is 6.43. The molecule has 8 unspecified atom stereocenters. The summed E-state index contributed by atoms with van der Waals surface area (Å²) in [6.45, 7) is 3.86. The van der Waals surface area contributed by atoms with Crippen LogP contribution in [-0.2, 0) is 9.53 Å². The highest BCUT2D eigenvalue weighted by molar-refractivity contribution is 5.81. The van der Waals surface area contributed by atoms with Crippen LogP contribution in [-0.4, -0.2) is 23.8 Å². The lowest BCUT2D eigenvalue weighted by atomic mass is 9.50. The minimum atomic E-state index is -0.255. The van der Waals surface area contributed by atoms with Crippen molar-refractivity contribution < 1.29 is 14.6 Å². The molecule has 3 heteroatoms. The molecule has 0 aliphatic heterocycles. The smallest absolute Gasteiger partial charge is 0.330 e. The predicted molar refractivity (Wildman–Crippen MR) is 70.1 cm³/mol. The Morgan fingerprint density at radius 3 is 2.63 bits per heavy atom. The van der Waals surface area contributed by atoms with Crippen LogP contribution in [0.25, 0.3) is 0 Å². The van der Waals surface area contributed by atoms with E-state index in [4.69, 9.17) is 4.74 Å². The number of aliphatic hydroxyl groups excluding tert-OH is 1. The van der Waals surface area contributed by atoms with Gasteiger partial charge in [-0.05, 0) is 67.1 Å². The van der Waals surface area contributed by atoms with Crippen LogP contribution in [0.5, 0.6) is 0 Å². The summed E-state index contributed by atoms with van der Waals surface area (Å²) in [5.74, 6) is 4.58. The van der Waals surface area contributed by atoms with Crippen molar-refractivity contribution in [3.8, 4) is 0 Å². The first-order valence-electron chi connectivity index (χ1n) is 7.66. The standard InChI is InChI=1S/C16H22O3/c1-2-14(18)19-16-9-5-12-11-4-8(3-10(11)7-17)15(12)13(16)6-9/h2,8-13,15-17H,1,3-7H2. The van der Waals surface area contributed by atoms with Crippen LogP contribution in [0.2, 0.25) is 0 Å². The normalized spacial score (nSPS) is 53.3. The molecule has 5 saturated carbocycles. The molecule has 8 atom stereocenters. The van der Waals surface area contributed by atoms with Gasteiger partial charge in [0, 0.05) is 12.7 Å². The van der Waals surface area contributed by atoms with Crippen molar-refractivity contribution in [1.82, 2.24) is 0 Å². The van der Waals surface area contributed by atoms with Gasteiger partial charge < -0.3 is 9.84 Å². The molecule has 5 aliphatic carbocycles. The molecule has 0 aromatic carbocycles. The highest BCUT2D eigenvalue weighted by atomic mass is 16.5. The van der Waals surface area contributed by atoms with E-state index in [1.807, 2.05) is 0 Å². The Balaban J connectivity index is 1.51. The van der Waals surface area contributed by atoms with Gasteiger partial charge in [0.25, 0.3) is 0 Å². The first-order chi connectivity index (χ1) is 9.22. The van der Waals surface area contributed by atoms with Crippen LogP contribution in [0.4, 0.5) is 0 Å². The Labute approximate surface area is 114 Å². The quantitative estimate of drug-likeness (QED) is 0.625. The molecule has 0 saturated heterocycles. The molecule has 0 heterocycles. The zero-order chi connectivity index (χ0) is 13.1. The van der Waals surface area contributed by atoms with Gasteiger partial charge in [0.05, 0.1) is 0 Å². The summed E-state index contributed by atoms with van der Waals surface area (Å²) in [7, 11) is 0. The van der Waals surface area contributed by atoms with Crippen molar-refractivity contribution in [3.63, 3.8) is 0 Å². The molecule has 104 valence electrons. The second kappa shape index (κ2) is 4.08. The Morgan fingerprint density at radius 2 is 1.89 bits per heavy atom. The topological polar surface area (TPSA) is 46.5 Å². The summed E-state index contributed by atoms with van der Waals surface area (Å²) in [5, 5.41) is 9.48. The average Bonchev–Trinajstić information content (AvgIpc) is 3.02. The maximum Gasteiger partial charge on any atom is 0.330 e. The van der Waals surface area contributed by atoms with Crippen LogP contribution in [0.1, 0.15) is 25.7 Å². The van der Waals surface area contributed by atoms with E-state index in [9.17, 15) is 9.90 Å². The van der Waals surface area contributed by atoms with E-state index in [1.165, 1.54) is 31.8 Å². The van der Waals surface area contributed by atoms with Gasteiger partial charge in [-0.15, -0.1) is 0 Å². The van der Waals surface area contributed by atoms with Crippen LogP contribution in [0.15, 0.2) is 12.7 Å². The molecular weight excluding hydrogens is 240 g/mol. The summed E-state index contributed by atoms with van der Waals surface area (Å²) >= 11 is 0. The molecule has 3 nitrogen and oxygen atoms in total. The second-order valence-electron chi connectivity index (χ2n) is 7.08. The molecular formula is C16H22O3. The number of esters is 1. The molecule has 19 heavy (non-hydrogen) atoms. The fraction of sp³-hybridized carbons (Fsp3) is 0.812. The largest absolute Gasteiger partial charge is 0.459 e. The first kappa shape index (κ1) is 12.0. The number of ether oxygens (including phenoxy) is 1. The SMILES string of the molecule is C=CC(=O)OC1C2CC3C4CC(CC4CO)C3C1C2.